The summed E-state index contributed by atoms with van der Waals surface area (Å²) in [5.74, 6) is 0.333. The van der Waals surface area contributed by atoms with Crippen molar-refractivity contribution in [1.29, 1.82) is 0 Å². The summed E-state index contributed by atoms with van der Waals surface area (Å²) in [4.78, 5) is 4.07. The molecular formula is C12H19N3O2S. The van der Waals surface area contributed by atoms with E-state index in [0.29, 0.717) is 19.0 Å². The van der Waals surface area contributed by atoms with E-state index in [2.05, 4.69) is 4.98 Å². The molecule has 6 heteroatoms. The van der Waals surface area contributed by atoms with Crippen LogP contribution in [0.4, 0.5) is 5.69 Å². The van der Waals surface area contributed by atoms with Crippen LogP contribution in [0.15, 0.2) is 18.5 Å². The van der Waals surface area contributed by atoms with Crippen molar-refractivity contribution < 1.29 is 8.42 Å². The predicted molar refractivity (Wildman–Crippen MR) is 71.5 cm³/mol. The summed E-state index contributed by atoms with van der Waals surface area (Å²) in [7, 11) is -3.07. The molecule has 0 saturated carbocycles. The van der Waals surface area contributed by atoms with E-state index in [-0.39, 0.29) is 0 Å². The van der Waals surface area contributed by atoms with Gasteiger partial charge in [-0.25, -0.2) is 12.7 Å². The Morgan fingerprint density at radius 1 is 1.56 bits per heavy atom. The summed E-state index contributed by atoms with van der Waals surface area (Å²) in [5, 5.41) is 0. The molecule has 1 saturated heterocycles. The summed E-state index contributed by atoms with van der Waals surface area (Å²) in [6, 6.07) is 1.78. The number of piperidine rings is 1. The molecule has 0 aromatic carbocycles. The zero-order valence-electron chi connectivity index (χ0n) is 10.5. The highest BCUT2D eigenvalue weighted by molar-refractivity contribution is 7.88. The summed E-state index contributed by atoms with van der Waals surface area (Å²) >= 11 is 0. The van der Waals surface area contributed by atoms with E-state index in [4.69, 9.17) is 5.73 Å². The first kappa shape index (κ1) is 13.3. The number of nitrogen functional groups attached to an aromatic ring is 1. The van der Waals surface area contributed by atoms with Crippen molar-refractivity contribution in [2.24, 2.45) is 5.92 Å². The quantitative estimate of drug-likeness (QED) is 0.883. The van der Waals surface area contributed by atoms with Gasteiger partial charge in [0, 0.05) is 31.2 Å². The maximum Gasteiger partial charge on any atom is 0.211 e. The van der Waals surface area contributed by atoms with Crippen molar-refractivity contribution in [2.75, 3.05) is 25.1 Å². The molecule has 1 aromatic rings. The zero-order chi connectivity index (χ0) is 13.2. The Morgan fingerprint density at radius 2 is 2.33 bits per heavy atom. The lowest BCUT2D eigenvalue weighted by Gasteiger charge is -2.31. The fraction of sp³-hybridized carbons (Fsp3) is 0.583. The zero-order valence-corrected chi connectivity index (χ0v) is 11.4. The fourth-order valence-electron chi connectivity index (χ4n) is 2.41. The second kappa shape index (κ2) is 5.24. The van der Waals surface area contributed by atoms with Gasteiger partial charge < -0.3 is 5.73 Å². The highest BCUT2D eigenvalue weighted by Gasteiger charge is 2.26. The second-order valence-electron chi connectivity index (χ2n) is 4.91. The Morgan fingerprint density at radius 3 is 3.00 bits per heavy atom. The molecule has 2 rings (SSSR count). The van der Waals surface area contributed by atoms with E-state index in [9.17, 15) is 8.42 Å². The molecule has 1 atom stereocenters. The van der Waals surface area contributed by atoms with Crippen LogP contribution in [0.2, 0.25) is 0 Å². The number of sulfonamides is 1. The van der Waals surface area contributed by atoms with E-state index in [0.717, 1.165) is 30.5 Å². The molecule has 1 fully saturated rings. The van der Waals surface area contributed by atoms with Crippen molar-refractivity contribution in [1.82, 2.24) is 9.29 Å². The number of hydrogen-bond acceptors (Lipinski definition) is 4. The van der Waals surface area contributed by atoms with Crippen LogP contribution < -0.4 is 5.73 Å². The highest BCUT2D eigenvalue weighted by Crippen LogP contribution is 2.24. The molecular weight excluding hydrogens is 250 g/mol. The lowest BCUT2D eigenvalue weighted by Crippen LogP contribution is -2.39. The molecule has 1 aliphatic rings. The third-order valence-electron chi connectivity index (χ3n) is 3.40. The molecule has 0 amide bonds. The van der Waals surface area contributed by atoms with E-state index in [1.165, 1.54) is 6.26 Å². The molecule has 100 valence electrons. The maximum absolute atomic E-state index is 11.5. The molecule has 5 nitrogen and oxygen atoms in total. The molecule has 1 aliphatic heterocycles. The third-order valence-corrected chi connectivity index (χ3v) is 4.67. The van der Waals surface area contributed by atoms with Gasteiger partial charge in [0.1, 0.15) is 0 Å². The van der Waals surface area contributed by atoms with Gasteiger partial charge in [-0.2, -0.15) is 0 Å². The molecule has 2 N–H and O–H groups in total. The average molecular weight is 269 g/mol. The largest absolute Gasteiger partial charge is 0.398 e. The molecule has 0 spiro atoms. The van der Waals surface area contributed by atoms with Gasteiger partial charge in [0.05, 0.1) is 6.26 Å². The van der Waals surface area contributed by atoms with Crippen LogP contribution in [0.3, 0.4) is 0 Å². The summed E-state index contributed by atoms with van der Waals surface area (Å²) < 4.78 is 24.6. The molecule has 2 heterocycles. The van der Waals surface area contributed by atoms with Gasteiger partial charge in [0.15, 0.2) is 0 Å². The topological polar surface area (TPSA) is 76.3 Å². The SMILES string of the molecule is CS(=O)(=O)N1CCCC(Cc2cnccc2N)C1. The third kappa shape index (κ3) is 3.20. The number of rotatable bonds is 3. The van der Waals surface area contributed by atoms with Gasteiger partial charge in [-0.3, -0.25) is 4.98 Å². The van der Waals surface area contributed by atoms with E-state index in [1.54, 1.807) is 22.8 Å². The van der Waals surface area contributed by atoms with E-state index >= 15 is 0 Å². The van der Waals surface area contributed by atoms with Gasteiger partial charge in [-0.05, 0) is 36.8 Å². The maximum atomic E-state index is 11.5. The van der Waals surface area contributed by atoms with Crippen molar-refractivity contribution in [3.8, 4) is 0 Å². The number of pyridine rings is 1. The van der Waals surface area contributed by atoms with Gasteiger partial charge in [-0.15, -0.1) is 0 Å². The van der Waals surface area contributed by atoms with Crippen LogP contribution in [0, 0.1) is 5.92 Å². The summed E-state index contributed by atoms with van der Waals surface area (Å²) in [6.07, 6.45) is 7.47. The Bertz CT molecular complexity index is 516. The van der Waals surface area contributed by atoms with Crippen LogP contribution >= 0.6 is 0 Å². The number of hydrogen-bond donors (Lipinski definition) is 1. The van der Waals surface area contributed by atoms with Gasteiger partial charge in [0.2, 0.25) is 10.0 Å². The molecule has 0 radical (unpaired) electrons. The first-order chi connectivity index (χ1) is 8.47. The van der Waals surface area contributed by atoms with E-state index in [1.807, 2.05) is 0 Å². The predicted octanol–water partition coefficient (Wildman–Crippen LogP) is 0.878. The van der Waals surface area contributed by atoms with E-state index < -0.39 is 10.0 Å². The monoisotopic (exact) mass is 269 g/mol. The standard InChI is InChI=1S/C12H19N3O2S/c1-18(16,17)15-6-2-3-10(9-15)7-11-8-14-5-4-12(11)13/h4-5,8,10H,2-3,6-7,9H2,1H3,(H2,13,14). The van der Waals surface area contributed by atoms with Crippen molar-refractivity contribution in [3.05, 3.63) is 24.0 Å². The smallest absolute Gasteiger partial charge is 0.211 e. The second-order valence-corrected chi connectivity index (χ2v) is 6.89. The first-order valence-electron chi connectivity index (χ1n) is 6.10. The number of aromatic nitrogens is 1. The Labute approximate surface area is 108 Å². The molecule has 0 bridgehead atoms. The molecule has 1 unspecified atom stereocenters. The van der Waals surface area contributed by atoms with Crippen molar-refractivity contribution in [2.45, 2.75) is 19.3 Å². The van der Waals surface area contributed by atoms with Crippen LogP contribution in [0.25, 0.3) is 0 Å². The minimum Gasteiger partial charge on any atom is -0.398 e. The molecule has 0 aliphatic carbocycles. The van der Waals surface area contributed by atoms with Crippen LogP contribution in [0.5, 0.6) is 0 Å². The molecule has 18 heavy (non-hydrogen) atoms. The number of nitrogens with zero attached hydrogens (tertiary/aromatic N) is 2. The first-order valence-corrected chi connectivity index (χ1v) is 7.95. The van der Waals surface area contributed by atoms with Crippen molar-refractivity contribution in [3.63, 3.8) is 0 Å². The van der Waals surface area contributed by atoms with Gasteiger partial charge in [0.25, 0.3) is 0 Å². The lowest BCUT2D eigenvalue weighted by atomic mass is 9.92. The Balaban J connectivity index is 2.05. The summed E-state index contributed by atoms with van der Waals surface area (Å²) in [5.41, 5.74) is 7.64. The minimum absolute atomic E-state index is 0.333. The van der Waals surface area contributed by atoms with Crippen molar-refractivity contribution >= 4 is 15.7 Å². The Hall–Kier alpha value is -1.14. The number of nitrogens with two attached hydrogens (primary N) is 1. The average Bonchev–Trinajstić information content (AvgIpc) is 2.31. The highest BCUT2D eigenvalue weighted by atomic mass is 32.2. The van der Waals surface area contributed by atoms with Gasteiger partial charge >= 0.3 is 0 Å². The van der Waals surface area contributed by atoms with Crippen LogP contribution in [0.1, 0.15) is 18.4 Å². The Kier molecular flexibility index (Phi) is 3.87. The minimum atomic E-state index is -3.07. The van der Waals surface area contributed by atoms with Crippen LogP contribution in [-0.2, 0) is 16.4 Å². The van der Waals surface area contributed by atoms with Gasteiger partial charge in [-0.1, -0.05) is 0 Å². The lowest BCUT2D eigenvalue weighted by molar-refractivity contribution is 0.267. The van der Waals surface area contributed by atoms with Crippen LogP contribution in [-0.4, -0.2) is 37.1 Å². The molecule has 1 aromatic heterocycles. The number of anilines is 1. The fourth-order valence-corrected chi connectivity index (χ4v) is 3.36. The summed E-state index contributed by atoms with van der Waals surface area (Å²) in [6.45, 7) is 1.23. The normalized spacial score (nSPS) is 21.9.